The lowest BCUT2D eigenvalue weighted by Crippen LogP contribution is -2.30. The first-order chi connectivity index (χ1) is 9.58. The van der Waals surface area contributed by atoms with Gasteiger partial charge in [0, 0.05) is 11.5 Å². The number of carbonyl (C=O) groups excluding carboxylic acids is 1. The average Bonchev–Trinajstić information content (AvgIpc) is 2.46. The zero-order chi connectivity index (χ0) is 14.3. The van der Waals surface area contributed by atoms with E-state index in [1.165, 1.54) is 0 Å². The number of carbonyl (C=O) groups is 1. The van der Waals surface area contributed by atoms with Gasteiger partial charge in [-0.15, -0.1) is 0 Å². The molecule has 0 radical (unpaired) electrons. The average molecular weight is 307 g/mol. The number of hydrogen-bond acceptors (Lipinski definition) is 2. The molecule has 0 aromatic heterocycles. The van der Waals surface area contributed by atoms with Gasteiger partial charge >= 0.3 is 0 Å². The number of aliphatic hydroxyl groups excluding tert-OH is 1. The van der Waals surface area contributed by atoms with E-state index in [2.05, 4.69) is 0 Å². The van der Waals surface area contributed by atoms with E-state index < -0.39 is 6.10 Å². The summed E-state index contributed by atoms with van der Waals surface area (Å²) in [6, 6.07) is 12.8. The fraction of sp³-hybridized carbons (Fsp3) is 0.188. The summed E-state index contributed by atoms with van der Waals surface area (Å²) in [6.07, 6.45) is -0.599. The van der Waals surface area contributed by atoms with Crippen molar-refractivity contribution in [2.75, 3.05) is 0 Å². The molecule has 2 nitrogen and oxygen atoms in total. The molecule has 2 atom stereocenters. The van der Waals surface area contributed by atoms with Crippen LogP contribution < -0.4 is 0 Å². The molecular formula is C16H12Cl2O2. The third-order valence-electron chi connectivity index (χ3n) is 3.71. The third kappa shape index (κ3) is 2.24. The molecule has 0 saturated carbocycles. The molecule has 0 heterocycles. The summed E-state index contributed by atoms with van der Waals surface area (Å²) in [5, 5.41) is 10.9. The Morgan fingerprint density at radius 3 is 2.55 bits per heavy atom. The maximum atomic E-state index is 12.0. The molecule has 3 rings (SSSR count). The van der Waals surface area contributed by atoms with Crippen LogP contribution in [0.25, 0.3) is 0 Å². The summed E-state index contributed by atoms with van der Waals surface area (Å²) in [7, 11) is 0. The van der Waals surface area contributed by atoms with Gasteiger partial charge in [-0.2, -0.15) is 0 Å². The fourth-order valence-electron chi connectivity index (χ4n) is 2.71. The Bertz CT molecular complexity index is 682. The monoisotopic (exact) mass is 306 g/mol. The van der Waals surface area contributed by atoms with Crippen molar-refractivity contribution >= 4 is 29.0 Å². The Morgan fingerprint density at radius 1 is 1.05 bits per heavy atom. The summed E-state index contributed by atoms with van der Waals surface area (Å²) < 4.78 is 0. The smallest absolute Gasteiger partial charge is 0.191 e. The van der Waals surface area contributed by atoms with Crippen molar-refractivity contribution in [1.82, 2.24) is 0 Å². The zero-order valence-electron chi connectivity index (χ0n) is 10.5. The molecule has 0 spiro atoms. The van der Waals surface area contributed by atoms with E-state index in [0.29, 0.717) is 22.0 Å². The number of hydrogen-bond donors (Lipinski definition) is 1. The van der Waals surface area contributed by atoms with Gasteiger partial charge in [0.25, 0.3) is 0 Å². The van der Waals surface area contributed by atoms with Crippen LogP contribution in [0.1, 0.15) is 33.8 Å². The number of aliphatic hydroxyl groups is 1. The maximum absolute atomic E-state index is 12.0. The minimum atomic E-state index is -0.968. The van der Waals surface area contributed by atoms with E-state index in [9.17, 15) is 9.90 Å². The molecule has 1 aliphatic rings. The van der Waals surface area contributed by atoms with Crippen molar-refractivity contribution in [3.63, 3.8) is 0 Å². The van der Waals surface area contributed by atoms with Crippen LogP contribution in [0.15, 0.2) is 42.5 Å². The van der Waals surface area contributed by atoms with Crippen LogP contribution in [0.5, 0.6) is 0 Å². The van der Waals surface area contributed by atoms with Crippen LogP contribution in [-0.4, -0.2) is 17.0 Å². The second-order valence-electron chi connectivity index (χ2n) is 4.93. The maximum Gasteiger partial charge on any atom is 0.191 e. The lowest BCUT2D eigenvalue weighted by molar-refractivity contribution is 0.0699. The highest BCUT2D eigenvalue weighted by Gasteiger charge is 2.32. The van der Waals surface area contributed by atoms with Crippen molar-refractivity contribution in [2.24, 2.45) is 0 Å². The number of Topliss-reactive ketones (excluding diaryl/α,β-unsaturated/α-hetero) is 1. The van der Waals surface area contributed by atoms with Gasteiger partial charge in [0.05, 0.1) is 10.0 Å². The predicted octanol–water partition coefficient (Wildman–Crippen LogP) is 4.07. The van der Waals surface area contributed by atoms with Crippen LogP contribution in [0.4, 0.5) is 0 Å². The molecule has 0 fully saturated rings. The van der Waals surface area contributed by atoms with Crippen molar-refractivity contribution < 1.29 is 9.90 Å². The summed E-state index contributed by atoms with van der Waals surface area (Å²) in [5.74, 6) is -0.259. The Hall–Kier alpha value is -1.35. The van der Waals surface area contributed by atoms with E-state index in [1.807, 2.05) is 18.2 Å². The highest BCUT2D eigenvalue weighted by Crippen LogP contribution is 2.38. The first-order valence-corrected chi connectivity index (χ1v) is 7.09. The van der Waals surface area contributed by atoms with Gasteiger partial charge in [0.2, 0.25) is 0 Å². The minimum absolute atomic E-state index is 0.0475. The summed E-state index contributed by atoms with van der Waals surface area (Å²) >= 11 is 12.0. The van der Waals surface area contributed by atoms with Crippen LogP contribution in [-0.2, 0) is 0 Å². The van der Waals surface area contributed by atoms with Gasteiger partial charge in [-0.1, -0.05) is 53.5 Å². The molecule has 0 aliphatic heterocycles. The molecule has 4 heteroatoms. The molecule has 0 unspecified atom stereocenters. The first kappa shape index (κ1) is 13.6. The third-order valence-corrected chi connectivity index (χ3v) is 4.45. The van der Waals surface area contributed by atoms with Gasteiger partial charge in [0.15, 0.2) is 5.78 Å². The Kier molecular flexibility index (Phi) is 3.55. The number of rotatable bonds is 1. The van der Waals surface area contributed by atoms with E-state index in [1.54, 1.807) is 24.3 Å². The van der Waals surface area contributed by atoms with Gasteiger partial charge in [-0.25, -0.2) is 0 Å². The Balaban J connectivity index is 2.12. The molecule has 20 heavy (non-hydrogen) atoms. The molecule has 1 N–H and O–H groups in total. The molecule has 0 bridgehead atoms. The van der Waals surface area contributed by atoms with E-state index in [-0.39, 0.29) is 11.7 Å². The quantitative estimate of drug-likeness (QED) is 0.862. The second-order valence-corrected chi connectivity index (χ2v) is 5.74. The normalized spacial score (nSPS) is 21.6. The molecule has 0 saturated heterocycles. The Labute approximate surface area is 127 Å². The molecule has 1 aliphatic carbocycles. The summed E-state index contributed by atoms with van der Waals surface area (Å²) in [6.45, 7) is 0. The molecular weight excluding hydrogens is 295 g/mol. The minimum Gasteiger partial charge on any atom is -0.385 e. The predicted molar refractivity (Wildman–Crippen MR) is 79.7 cm³/mol. The van der Waals surface area contributed by atoms with Gasteiger partial charge < -0.3 is 5.11 Å². The lowest BCUT2D eigenvalue weighted by Gasteiger charge is -2.28. The fourth-order valence-corrected chi connectivity index (χ4v) is 3.01. The Morgan fingerprint density at radius 2 is 1.80 bits per heavy atom. The van der Waals surface area contributed by atoms with E-state index in [4.69, 9.17) is 23.2 Å². The van der Waals surface area contributed by atoms with Crippen LogP contribution in [0, 0.1) is 0 Å². The summed E-state index contributed by atoms with van der Waals surface area (Å²) in [4.78, 5) is 12.0. The summed E-state index contributed by atoms with van der Waals surface area (Å²) in [5.41, 5.74) is 2.47. The standard InChI is InChI=1S/C16H12Cl2O2/c17-13-6-5-9(7-14(13)18)12-8-15(19)16(20)11-4-2-1-3-10(11)12/h1-7,12,15,19H,8H2/t12-,15+/m0/s1. The molecule has 0 amide bonds. The van der Waals surface area contributed by atoms with Crippen LogP contribution in [0.3, 0.4) is 0 Å². The zero-order valence-corrected chi connectivity index (χ0v) is 12.0. The molecule has 2 aromatic rings. The SMILES string of the molecule is O=C1c2ccccc2[C@H](c2ccc(Cl)c(Cl)c2)C[C@H]1O. The highest BCUT2D eigenvalue weighted by atomic mass is 35.5. The highest BCUT2D eigenvalue weighted by molar-refractivity contribution is 6.42. The van der Waals surface area contributed by atoms with Gasteiger partial charge in [-0.05, 0) is 29.7 Å². The van der Waals surface area contributed by atoms with Crippen molar-refractivity contribution in [3.8, 4) is 0 Å². The number of ketones is 1. The number of fused-ring (bicyclic) bond motifs is 1. The van der Waals surface area contributed by atoms with Crippen LogP contribution >= 0.6 is 23.2 Å². The largest absolute Gasteiger partial charge is 0.385 e. The topological polar surface area (TPSA) is 37.3 Å². The van der Waals surface area contributed by atoms with E-state index >= 15 is 0 Å². The van der Waals surface area contributed by atoms with Crippen molar-refractivity contribution in [2.45, 2.75) is 18.4 Å². The van der Waals surface area contributed by atoms with E-state index in [0.717, 1.165) is 11.1 Å². The van der Waals surface area contributed by atoms with Gasteiger partial charge in [-0.3, -0.25) is 4.79 Å². The van der Waals surface area contributed by atoms with Crippen molar-refractivity contribution in [3.05, 3.63) is 69.2 Å². The lowest BCUT2D eigenvalue weighted by atomic mass is 9.77. The van der Waals surface area contributed by atoms with Crippen LogP contribution in [0.2, 0.25) is 10.0 Å². The number of halogens is 2. The van der Waals surface area contributed by atoms with Gasteiger partial charge in [0.1, 0.15) is 6.10 Å². The number of benzene rings is 2. The molecule has 2 aromatic carbocycles. The van der Waals surface area contributed by atoms with Crippen molar-refractivity contribution in [1.29, 1.82) is 0 Å². The second kappa shape index (κ2) is 5.21. The molecule has 102 valence electrons. The first-order valence-electron chi connectivity index (χ1n) is 6.34.